The monoisotopic (exact) mass is 280 g/mol. The third kappa shape index (κ3) is 3.66. The van der Waals surface area contributed by atoms with Gasteiger partial charge < -0.3 is 5.11 Å². The van der Waals surface area contributed by atoms with Gasteiger partial charge in [-0.1, -0.05) is 31.2 Å². The molecule has 1 aliphatic carbocycles. The number of aliphatic carboxylic acids is 1. The van der Waals surface area contributed by atoms with E-state index in [4.69, 9.17) is 5.11 Å². The topological polar surface area (TPSA) is 54.4 Å². The highest BCUT2D eigenvalue weighted by Crippen LogP contribution is 2.32. The predicted molar refractivity (Wildman–Crippen MR) is 76.8 cm³/mol. The van der Waals surface area contributed by atoms with Crippen LogP contribution in [0.2, 0.25) is 0 Å². The lowest BCUT2D eigenvalue weighted by atomic mass is 9.84. The van der Waals surface area contributed by atoms with Crippen LogP contribution in [-0.2, 0) is 22.0 Å². The van der Waals surface area contributed by atoms with E-state index in [1.165, 1.54) is 11.1 Å². The summed E-state index contributed by atoms with van der Waals surface area (Å²) in [5, 5.41) is 8.49. The smallest absolute Gasteiger partial charge is 0.304 e. The number of hydrogen-bond acceptors (Lipinski definition) is 2. The van der Waals surface area contributed by atoms with Crippen molar-refractivity contribution in [1.29, 1.82) is 0 Å². The molecule has 104 valence electrons. The third-order valence-electron chi connectivity index (χ3n) is 3.77. The zero-order valence-electron chi connectivity index (χ0n) is 11.2. The fourth-order valence-corrected chi connectivity index (χ4v) is 4.13. The molecule has 19 heavy (non-hydrogen) atoms. The first-order valence-corrected chi connectivity index (χ1v) is 8.13. The van der Waals surface area contributed by atoms with Crippen LogP contribution in [0.3, 0.4) is 0 Å². The highest BCUT2D eigenvalue weighted by molar-refractivity contribution is 7.85. The van der Waals surface area contributed by atoms with Crippen molar-refractivity contribution in [3.05, 3.63) is 35.4 Å². The van der Waals surface area contributed by atoms with Gasteiger partial charge in [-0.2, -0.15) is 0 Å². The Hall–Kier alpha value is -1.16. The molecule has 0 aromatic heterocycles. The number of hydrogen-bond donors (Lipinski definition) is 1. The molecular weight excluding hydrogens is 260 g/mol. The zero-order chi connectivity index (χ0) is 13.8. The van der Waals surface area contributed by atoms with Crippen LogP contribution in [0.5, 0.6) is 0 Å². The van der Waals surface area contributed by atoms with E-state index < -0.39 is 16.8 Å². The minimum Gasteiger partial charge on any atom is -0.481 e. The minimum atomic E-state index is -1.07. The lowest BCUT2D eigenvalue weighted by Crippen LogP contribution is -2.23. The summed E-state index contributed by atoms with van der Waals surface area (Å²) >= 11 is 0. The van der Waals surface area contributed by atoms with Crippen LogP contribution in [0.4, 0.5) is 0 Å². The van der Waals surface area contributed by atoms with Crippen LogP contribution in [0.15, 0.2) is 24.3 Å². The van der Waals surface area contributed by atoms with E-state index in [2.05, 4.69) is 12.1 Å². The van der Waals surface area contributed by atoms with Crippen LogP contribution in [0.1, 0.15) is 43.2 Å². The highest BCUT2D eigenvalue weighted by Gasteiger charge is 2.24. The first kappa shape index (κ1) is 14.3. The van der Waals surface area contributed by atoms with E-state index >= 15 is 0 Å². The Morgan fingerprint density at radius 1 is 1.47 bits per heavy atom. The van der Waals surface area contributed by atoms with Gasteiger partial charge in [-0.15, -0.1) is 0 Å². The molecule has 1 aromatic rings. The van der Waals surface area contributed by atoms with E-state index in [0.29, 0.717) is 11.7 Å². The Bertz CT molecular complexity index is 484. The summed E-state index contributed by atoms with van der Waals surface area (Å²) in [4.78, 5) is 10.7. The van der Waals surface area contributed by atoms with Crippen LogP contribution < -0.4 is 0 Å². The van der Waals surface area contributed by atoms with E-state index in [1.807, 2.05) is 12.1 Å². The van der Waals surface area contributed by atoms with Crippen molar-refractivity contribution in [2.45, 2.75) is 43.8 Å². The molecule has 1 aromatic carbocycles. The number of aryl methyl sites for hydroxylation is 1. The summed E-state index contributed by atoms with van der Waals surface area (Å²) in [5.74, 6) is 0.0396. The third-order valence-corrected chi connectivity index (χ3v) is 5.57. The largest absolute Gasteiger partial charge is 0.481 e. The van der Waals surface area contributed by atoms with Crippen molar-refractivity contribution < 1.29 is 14.1 Å². The summed E-state index contributed by atoms with van der Waals surface area (Å²) in [6.45, 7) is 1.76. The maximum absolute atomic E-state index is 12.2. The summed E-state index contributed by atoms with van der Waals surface area (Å²) in [6.07, 6.45) is 3.28. The van der Waals surface area contributed by atoms with Crippen LogP contribution in [0, 0.1) is 0 Å². The Balaban J connectivity index is 2.04. The maximum Gasteiger partial charge on any atom is 0.304 e. The molecule has 0 amide bonds. The highest BCUT2D eigenvalue weighted by atomic mass is 32.2. The lowest BCUT2D eigenvalue weighted by Gasteiger charge is -2.26. The maximum atomic E-state index is 12.2. The normalized spacial score (nSPS) is 21.4. The molecule has 0 saturated carbocycles. The standard InChI is InChI=1S/C15H20O3S/c1-11(9-15(16)17)19(18)10-13-7-4-6-12-5-2-3-8-14(12)13/h2-3,5,8,11,13H,4,6-7,9-10H2,1H3,(H,16,17). The summed E-state index contributed by atoms with van der Waals surface area (Å²) in [5.41, 5.74) is 2.67. The van der Waals surface area contributed by atoms with E-state index in [0.717, 1.165) is 19.3 Å². The average Bonchev–Trinajstić information content (AvgIpc) is 2.38. The van der Waals surface area contributed by atoms with Crippen molar-refractivity contribution in [1.82, 2.24) is 0 Å². The van der Waals surface area contributed by atoms with Crippen molar-refractivity contribution in [2.24, 2.45) is 0 Å². The SMILES string of the molecule is CC(CC(=O)O)S(=O)CC1CCCc2ccccc21. The van der Waals surface area contributed by atoms with Gasteiger partial charge in [0, 0.05) is 21.8 Å². The van der Waals surface area contributed by atoms with E-state index in [1.54, 1.807) is 6.92 Å². The first-order valence-electron chi connectivity index (χ1n) is 6.74. The first-order chi connectivity index (χ1) is 9.08. The van der Waals surface area contributed by atoms with Crippen LogP contribution in [0.25, 0.3) is 0 Å². The van der Waals surface area contributed by atoms with Gasteiger partial charge in [-0.05, 0) is 36.3 Å². The van der Waals surface area contributed by atoms with Gasteiger partial charge in [-0.25, -0.2) is 0 Å². The minimum absolute atomic E-state index is 0.0129. The van der Waals surface area contributed by atoms with Crippen molar-refractivity contribution in [3.8, 4) is 0 Å². The second-order valence-electron chi connectivity index (χ2n) is 5.24. The Morgan fingerprint density at radius 2 is 2.21 bits per heavy atom. The molecule has 0 aliphatic heterocycles. The van der Waals surface area contributed by atoms with Crippen LogP contribution >= 0.6 is 0 Å². The Morgan fingerprint density at radius 3 is 2.95 bits per heavy atom. The molecule has 3 atom stereocenters. The zero-order valence-corrected chi connectivity index (χ0v) is 12.0. The molecule has 3 nitrogen and oxygen atoms in total. The van der Waals surface area contributed by atoms with Gasteiger partial charge in [0.15, 0.2) is 0 Å². The molecular formula is C15H20O3S. The van der Waals surface area contributed by atoms with Gasteiger partial charge >= 0.3 is 5.97 Å². The van der Waals surface area contributed by atoms with E-state index in [-0.39, 0.29) is 11.7 Å². The van der Waals surface area contributed by atoms with Crippen LogP contribution in [-0.4, -0.2) is 26.3 Å². The fourth-order valence-electron chi connectivity index (χ4n) is 2.73. The molecule has 0 heterocycles. The van der Waals surface area contributed by atoms with Crippen molar-refractivity contribution in [2.75, 3.05) is 5.75 Å². The lowest BCUT2D eigenvalue weighted by molar-refractivity contribution is -0.136. The van der Waals surface area contributed by atoms with Gasteiger partial charge in [0.05, 0.1) is 6.42 Å². The number of fused-ring (bicyclic) bond motifs is 1. The molecule has 4 heteroatoms. The molecule has 0 radical (unpaired) electrons. The fraction of sp³-hybridized carbons (Fsp3) is 0.533. The molecule has 1 aliphatic rings. The second-order valence-corrected chi connectivity index (χ2v) is 7.14. The van der Waals surface area contributed by atoms with Crippen molar-refractivity contribution >= 4 is 16.8 Å². The summed E-state index contributed by atoms with van der Waals surface area (Å²) in [7, 11) is -1.07. The molecule has 2 rings (SSSR count). The number of rotatable bonds is 5. The number of carboxylic acids is 1. The number of carboxylic acid groups (broad SMARTS) is 1. The van der Waals surface area contributed by atoms with E-state index in [9.17, 15) is 9.00 Å². The molecule has 3 unspecified atom stereocenters. The second kappa shape index (κ2) is 6.33. The van der Waals surface area contributed by atoms with Gasteiger partial charge in [-0.3, -0.25) is 9.00 Å². The Kier molecular flexibility index (Phi) is 4.75. The average molecular weight is 280 g/mol. The van der Waals surface area contributed by atoms with Gasteiger partial charge in [0.25, 0.3) is 0 Å². The summed E-state index contributed by atoms with van der Waals surface area (Å²) in [6, 6.07) is 8.34. The molecule has 0 spiro atoms. The quantitative estimate of drug-likeness (QED) is 0.902. The molecule has 0 bridgehead atoms. The van der Waals surface area contributed by atoms with Crippen molar-refractivity contribution in [3.63, 3.8) is 0 Å². The van der Waals surface area contributed by atoms with Gasteiger partial charge in [0.2, 0.25) is 0 Å². The molecule has 1 N–H and O–H groups in total. The number of carbonyl (C=O) groups is 1. The summed E-state index contributed by atoms with van der Waals surface area (Å²) < 4.78 is 12.2. The van der Waals surface area contributed by atoms with Gasteiger partial charge in [0.1, 0.15) is 0 Å². The Labute approximate surface area is 116 Å². The molecule has 0 fully saturated rings. The molecule has 0 saturated heterocycles. The number of benzene rings is 1. The predicted octanol–water partition coefficient (Wildman–Crippen LogP) is 2.72.